The molecule has 2 atom stereocenters. The highest BCUT2D eigenvalue weighted by Gasteiger charge is 2.15. The molecule has 1 aromatic rings. The minimum Gasteiger partial charge on any atom is -0.393 e. The maximum atomic E-state index is 10.00. The summed E-state index contributed by atoms with van der Waals surface area (Å²) in [5.74, 6) is 0. The number of ether oxygens (including phenoxy) is 1. The molecule has 0 spiro atoms. The van der Waals surface area contributed by atoms with Gasteiger partial charge in [-0.25, -0.2) is 0 Å². The Labute approximate surface area is 116 Å². The molecule has 1 heterocycles. The molecule has 0 aromatic heterocycles. The monoisotopic (exact) mass is 262 g/mol. The number of aliphatic hydroxyl groups excluding tert-OH is 1. The van der Waals surface area contributed by atoms with Crippen LogP contribution in [-0.4, -0.2) is 23.9 Å². The molecule has 1 aliphatic heterocycles. The number of hydrogen-bond donors (Lipinski definition) is 1. The Kier molecular flexibility index (Phi) is 5.87. The predicted molar refractivity (Wildman–Crippen MR) is 78.3 cm³/mol. The third kappa shape index (κ3) is 5.33. The van der Waals surface area contributed by atoms with Crippen LogP contribution >= 0.6 is 0 Å². The summed E-state index contributed by atoms with van der Waals surface area (Å²) < 4.78 is 5.59. The maximum Gasteiger partial charge on any atom is 0.0576 e. The lowest BCUT2D eigenvalue weighted by molar-refractivity contribution is 0.0933. The summed E-state index contributed by atoms with van der Waals surface area (Å²) >= 11 is 0. The van der Waals surface area contributed by atoms with E-state index in [2.05, 4.69) is 31.2 Å². The van der Waals surface area contributed by atoms with Crippen LogP contribution in [0.4, 0.5) is 0 Å². The highest BCUT2D eigenvalue weighted by atomic mass is 16.5. The lowest BCUT2D eigenvalue weighted by Crippen LogP contribution is -2.10. The molecule has 0 radical (unpaired) electrons. The molecule has 0 amide bonds. The van der Waals surface area contributed by atoms with Gasteiger partial charge in [0.1, 0.15) is 0 Å². The molecule has 1 fully saturated rings. The van der Waals surface area contributed by atoms with Gasteiger partial charge >= 0.3 is 0 Å². The predicted octanol–water partition coefficient (Wildman–Crippen LogP) is 3.64. The standard InChI is InChI=1S/C17H26O2/c1-14-7-9-15(10-8-14)11-12-16(18)4-2-5-17-6-3-13-19-17/h7-10,16-18H,2-6,11-13H2,1H3. The molecular formula is C17H26O2. The molecule has 0 aliphatic carbocycles. The van der Waals surface area contributed by atoms with E-state index < -0.39 is 0 Å². The summed E-state index contributed by atoms with van der Waals surface area (Å²) in [4.78, 5) is 0. The van der Waals surface area contributed by atoms with Gasteiger partial charge < -0.3 is 9.84 Å². The van der Waals surface area contributed by atoms with Crippen LogP contribution in [-0.2, 0) is 11.2 Å². The van der Waals surface area contributed by atoms with Crippen molar-refractivity contribution in [2.24, 2.45) is 0 Å². The minimum absolute atomic E-state index is 0.164. The van der Waals surface area contributed by atoms with Gasteiger partial charge in [-0.2, -0.15) is 0 Å². The van der Waals surface area contributed by atoms with Crippen LogP contribution in [0.2, 0.25) is 0 Å². The Morgan fingerprint density at radius 3 is 2.74 bits per heavy atom. The molecule has 2 heteroatoms. The summed E-state index contributed by atoms with van der Waals surface area (Å²) in [5.41, 5.74) is 2.62. The van der Waals surface area contributed by atoms with Crippen LogP contribution in [0.3, 0.4) is 0 Å². The molecule has 19 heavy (non-hydrogen) atoms. The van der Waals surface area contributed by atoms with Gasteiger partial charge in [0.15, 0.2) is 0 Å². The van der Waals surface area contributed by atoms with Crippen molar-refractivity contribution < 1.29 is 9.84 Å². The SMILES string of the molecule is Cc1ccc(CCC(O)CCCC2CCCO2)cc1. The molecule has 1 saturated heterocycles. The third-order valence-corrected chi connectivity index (χ3v) is 3.97. The van der Waals surface area contributed by atoms with E-state index in [0.29, 0.717) is 6.10 Å². The number of aryl methyl sites for hydroxylation is 2. The van der Waals surface area contributed by atoms with Crippen LogP contribution in [0.1, 0.15) is 49.7 Å². The van der Waals surface area contributed by atoms with Crippen molar-refractivity contribution in [2.75, 3.05) is 6.61 Å². The normalized spacial score (nSPS) is 20.6. The first-order valence-corrected chi connectivity index (χ1v) is 7.59. The molecule has 2 rings (SSSR count). The van der Waals surface area contributed by atoms with Crippen molar-refractivity contribution in [3.8, 4) is 0 Å². The molecule has 0 bridgehead atoms. The van der Waals surface area contributed by atoms with Gasteiger partial charge in [0.05, 0.1) is 12.2 Å². The topological polar surface area (TPSA) is 29.5 Å². The smallest absolute Gasteiger partial charge is 0.0576 e. The van der Waals surface area contributed by atoms with Crippen LogP contribution < -0.4 is 0 Å². The van der Waals surface area contributed by atoms with E-state index in [1.807, 2.05) is 0 Å². The summed E-state index contributed by atoms with van der Waals surface area (Å²) in [5, 5.41) is 10.00. The lowest BCUT2D eigenvalue weighted by Gasteiger charge is -2.13. The van der Waals surface area contributed by atoms with Crippen LogP contribution in [0.15, 0.2) is 24.3 Å². The summed E-state index contributed by atoms with van der Waals surface area (Å²) in [6.45, 7) is 3.03. The molecule has 1 aliphatic rings. The second kappa shape index (κ2) is 7.66. The molecular weight excluding hydrogens is 236 g/mol. The van der Waals surface area contributed by atoms with Gasteiger partial charge in [0.2, 0.25) is 0 Å². The van der Waals surface area contributed by atoms with Crippen LogP contribution in [0.25, 0.3) is 0 Å². The van der Waals surface area contributed by atoms with Gasteiger partial charge in [-0.05, 0) is 57.4 Å². The summed E-state index contributed by atoms with van der Waals surface area (Å²) in [7, 11) is 0. The molecule has 106 valence electrons. The van der Waals surface area contributed by atoms with E-state index in [-0.39, 0.29) is 6.10 Å². The fourth-order valence-electron chi connectivity index (χ4n) is 2.69. The Morgan fingerprint density at radius 1 is 1.26 bits per heavy atom. The quantitative estimate of drug-likeness (QED) is 0.813. The number of aliphatic hydroxyl groups is 1. The summed E-state index contributed by atoms with van der Waals surface area (Å²) in [6.07, 6.45) is 7.66. The zero-order chi connectivity index (χ0) is 13.5. The minimum atomic E-state index is -0.164. The highest BCUT2D eigenvalue weighted by Crippen LogP contribution is 2.19. The molecule has 2 unspecified atom stereocenters. The van der Waals surface area contributed by atoms with Crippen molar-refractivity contribution in [2.45, 2.75) is 64.1 Å². The first-order chi connectivity index (χ1) is 9.24. The van der Waals surface area contributed by atoms with Crippen molar-refractivity contribution in [1.29, 1.82) is 0 Å². The molecule has 1 N–H and O–H groups in total. The highest BCUT2D eigenvalue weighted by molar-refractivity contribution is 5.21. The number of hydrogen-bond acceptors (Lipinski definition) is 2. The lowest BCUT2D eigenvalue weighted by atomic mass is 10.0. The van der Waals surface area contributed by atoms with Crippen molar-refractivity contribution in [3.05, 3.63) is 35.4 Å². The second-order valence-corrected chi connectivity index (χ2v) is 5.74. The summed E-state index contributed by atoms with van der Waals surface area (Å²) in [6, 6.07) is 8.60. The Bertz CT molecular complexity index is 352. The van der Waals surface area contributed by atoms with E-state index in [9.17, 15) is 5.11 Å². The van der Waals surface area contributed by atoms with Crippen molar-refractivity contribution in [3.63, 3.8) is 0 Å². The Morgan fingerprint density at radius 2 is 2.05 bits per heavy atom. The third-order valence-electron chi connectivity index (χ3n) is 3.97. The number of rotatable bonds is 7. The average molecular weight is 262 g/mol. The van der Waals surface area contributed by atoms with Crippen LogP contribution in [0, 0.1) is 6.92 Å². The number of benzene rings is 1. The fourth-order valence-corrected chi connectivity index (χ4v) is 2.69. The van der Waals surface area contributed by atoms with E-state index >= 15 is 0 Å². The Hall–Kier alpha value is -0.860. The first-order valence-electron chi connectivity index (χ1n) is 7.59. The van der Waals surface area contributed by atoms with E-state index in [1.165, 1.54) is 24.0 Å². The maximum absolute atomic E-state index is 10.00. The van der Waals surface area contributed by atoms with Gasteiger partial charge in [0, 0.05) is 6.61 Å². The average Bonchev–Trinajstić information content (AvgIpc) is 2.91. The van der Waals surface area contributed by atoms with Crippen LogP contribution in [0.5, 0.6) is 0 Å². The van der Waals surface area contributed by atoms with Crippen molar-refractivity contribution in [1.82, 2.24) is 0 Å². The largest absolute Gasteiger partial charge is 0.393 e. The fraction of sp³-hybridized carbons (Fsp3) is 0.647. The van der Waals surface area contributed by atoms with Gasteiger partial charge in [-0.1, -0.05) is 29.8 Å². The Balaban J connectivity index is 1.58. The van der Waals surface area contributed by atoms with Gasteiger partial charge in [0.25, 0.3) is 0 Å². The molecule has 0 saturated carbocycles. The van der Waals surface area contributed by atoms with E-state index in [0.717, 1.165) is 38.7 Å². The first kappa shape index (κ1) is 14.5. The zero-order valence-corrected chi connectivity index (χ0v) is 12.0. The van der Waals surface area contributed by atoms with Gasteiger partial charge in [-0.15, -0.1) is 0 Å². The van der Waals surface area contributed by atoms with Crippen molar-refractivity contribution >= 4 is 0 Å². The molecule has 1 aromatic carbocycles. The van der Waals surface area contributed by atoms with E-state index in [4.69, 9.17) is 4.74 Å². The zero-order valence-electron chi connectivity index (χ0n) is 12.0. The van der Waals surface area contributed by atoms with Gasteiger partial charge in [-0.3, -0.25) is 0 Å². The molecule has 2 nitrogen and oxygen atoms in total. The van der Waals surface area contributed by atoms with E-state index in [1.54, 1.807) is 0 Å². The second-order valence-electron chi connectivity index (χ2n) is 5.74.